The zero-order chi connectivity index (χ0) is 13.2. The maximum absolute atomic E-state index is 12.1. The number of benzene rings is 1. The van der Waals surface area contributed by atoms with Crippen LogP contribution in [0.4, 0.5) is 5.69 Å². The fourth-order valence-corrected chi connectivity index (χ4v) is 3.74. The number of nitrogens with zero attached hydrogens (tertiary/aromatic N) is 1. The molecular formula is C16H18N2O. The molecule has 0 aromatic heterocycles. The molecule has 2 aliphatic carbocycles. The number of hydrogen-bond donors (Lipinski definition) is 1. The zero-order valence-electron chi connectivity index (χ0n) is 10.9. The Morgan fingerprint density at radius 2 is 2.26 bits per heavy atom. The van der Waals surface area contributed by atoms with Crippen molar-refractivity contribution in [1.82, 2.24) is 0 Å². The molecule has 2 fully saturated rings. The fraction of sp³-hybridized carbons (Fsp3) is 0.500. The molecule has 3 rings (SSSR count). The van der Waals surface area contributed by atoms with Crippen LogP contribution < -0.4 is 5.32 Å². The predicted octanol–water partition coefficient (Wildman–Crippen LogP) is 3.32. The minimum absolute atomic E-state index is 0.0904. The number of rotatable bonds is 3. The minimum Gasteiger partial charge on any atom is -0.326 e. The number of nitriles is 1. The highest BCUT2D eigenvalue weighted by atomic mass is 16.1. The van der Waals surface area contributed by atoms with Crippen LogP contribution >= 0.6 is 0 Å². The second-order valence-corrected chi connectivity index (χ2v) is 5.88. The van der Waals surface area contributed by atoms with E-state index >= 15 is 0 Å². The Morgan fingerprint density at radius 1 is 1.37 bits per heavy atom. The van der Waals surface area contributed by atoms with Crippen LogP contribution in [-0.2, 0) is 4.79 Å². The summed E-state index contributed by atoms with van der Waals surface area (Å²) in [5, 5.41) is 11.7. The van der Waals surface area contributed by atoms with E-state index in [1.807, 2.05) is 6.07 Å². The van der Waals surface area contributed by atoms with Gasteiger partial charge in [-0.1, -0.05) is 12.5 Å². The molecule has 0 saturated heterocycles. The molecule has 3 unspecified atom stereocenters. The maximum atomic E-state index is 12.1. The largest absolute Gasteiger partial charge is 0.326 e. The molecule has 2 aliphatic rings. The predicted molar refractivity (Wildman–Crippen MR) is 73.3 cm³/mol. The number of amides is 1. The Hall–Kier alpha value is -1.82. The summed E-state index contributed by atoms with van der Waals surface area (Å²) in [6.45, 7) is 0. The summed E-state index contributed by atoms with van der Waals surface area (Å²) in [5.74, 6) is 2.33. The molecule has 2 saturated carbocycles. The van der Waals surface area contributed by atoms with Gasteiger partial charge in [-0.15, -0.1) is 0 Å². The van der Waals surface area contributed by atoms with Gasteiger partial charge in [0.25, 0.3) is 0 Å². The van der Waals surface area contributed by atoms with Gasteiger partial charge in [0.05, 0.1) is 11.6 Å². The molecule has 2 bridgehead atoms. The molecular weight excluding hydrogens is 236 g/mol. The van der Waals surface area contributed by atoms with E-state index in [2.05, 4.69) is 11.4 Å². The molecule has 1 aromatic rings. The van der Waals surface area contributed by atoms with Crippen molar-refractivity contribution >= 4 is 11.6 Å². The van der Waals surface area contributed by atoms with Gasteiger partial charge < -0.3 is 5.32 Å². The highest BCUT2D eigenvalue weighted by Crippen LogP contribution is 2.49. The molecule has 1 aromatic carbocycles. The van der Waals surface area contributed by atoms with E-state index in [1.165, 1.54) is 25.7 Å². The van der Waals surface area contributed by atoms with Crippen LogP contribution in [0, 0.1) is 29.1 Å². The van der Waals surface area contributed by atoms with Crippen LogP contribution in [-0.4, -0.2) is 5.91 Å². The number of fused-ring (bicyclic) bond motifs is 2. The standard InChI is InChI=1S/C16H18N2O/c17-10-12-2-1-3-15(8-12)18-16(19)9-14-7-11-4-5-13(14)6-11/h1-3,8,11,13-14H,4-7,9H2,(H,18,19). The highest BCUT2D eigenvalue weighted by Gasteiger charge is 2.40. The third-order valence-corrected chi connectivity index (χ3v) is 4.61. The first-order valence-corrected chi connectivity index (χ1v) is 7.04. The Morgan fingerprint density at radius 3 is 2.95 bits per heavy atom. The van der Waals surface area contributed by atoms with E-state index in [1.54, 1.807) is 18.2 Å². The molecule has 1 amide bonds. The molecule has 0 aliphatic heterocycles. The molecule has 0 radical (unpaired) electrons. The van der Waals surface area contributed by atoms with Gasteiger partial charge in [-0.2, -0.15) is 5.26 Å². The second-order valence-electron chi connectivity index (χ2n) is 5.88. The van der Waals surface area contributed by atoms with Crippen molar-refractivity contribution < 1.29 is 4.79 Å². The highest BCUT2D eigenvalue weighted by molar-refractivity contribution is 5.91. The summed E-state index contributed by atoms with van der Waals surface area (Å²) < 4.78 is 0. The second kappa shape index (κ2) is 5.05. The number of nitrogens with one attached hydrogen (secondary N) is 1. The molecule has 1 N–H and O–H groups in total. The summed E-state index contributed by atoms with van der Waals surface area (Å²) in [4.78, 5) is 12.1. The Labute approximate surface area is 113 Å². The summed E-state index contributed by atoms with van der Waals surface area (Å²) in [6.07, 6.45) is 5.88. The smallest absolute Gasteiger partial charge is 0.224 e. The van der Waals surface area contributed by atoms with Gasteiger partial charge in [0.1, 0.15) is 0 Å². The van der Waals surface area contributed by atoms with Gasteiger partial charge in [0.15, 0.2) is 0 Å². The normalized spacial score (nSPS) is 28.1. The van der Waals surface area contributed by atoms with E-state index in [9.17, 15) is 4.79 Å². The van der Waals surface area contributed by atoms with Crippen LogP contribution in [0.15, 0.2) is 24.3 Å². The van der Waals surface area contributed by atoms with Gasteiger partial charge in [-0.3, -0.25) is 4.79 Å². The van der Waals surface area contributed by atoms with E-state index < -0.39 is 0 Å². The van der Waals surface area contributed by atoms with Crippen molar-refractivity contribution in [1.29, 1.82) is 5.26 Å². The van der Waals surface area contributed by atoms with Crippen molar-refractivity contribution in [3.05, 3.63) is 29.8 Å². The average Bonchev–Trinajstić information content (AvgIpc) is 3.01. The summed E-state index contributed by atoms with van der Waals surface area (Å²) in [6, 6.07) is 9.18. The first-order valence-electron chi connectivity index (χ1n) is 7.04. The van der Waals surface area contributed by atoms with Gasteiger partial charge >= 0.3 is 0 Å². The van der Waals surface area contributed by atoms with Gasteiger partial charge in [0, 0.05) is 12.1 Å². The van der Waals surface area contributed by atoms with Crippen LogP contribution in [0.2, 0.25) is 0 Å². The van der Waals surface area contributed by atoms with E-state index in [4.69, 9.17) is 5.26 Å². The van der Waals surface area contributed by atoms with Gasteiger partial charge in [0.2, 0.25) is 5.91 Å². The molecule has 0 spiro atoms. The van der Waals surface area contributed by atoms with Gasteiger partial charge in [-0.25, -0.2) is 0 Å². The van der Waals surface area contributed by atoms with E-state index in [0.29, 0.717) is 17.9 Å². The molecule has 19 heavy (non-hydrogen) atoms. The topological polar surface area (TPSA) is 52.9 Å². The lowest BCUT2D eigenvalue weighted by atomic mass is 9.86. The molecule has 3 heteroatoms. The first-order chi connectivity index (χ1) is 9.24. The molecule has 3 atom stereocenters. The van der Waals surface area contributed by atoms with Gasteiger partial charge in [-0.05, 0) is 55.2 Å². The third kappa shape index (κ3) is 2.63. The van der Waals surface area contributed by atoms with Crippen molar-refractivity contribution in [2.24, 2.45) is 17.8 Å². The summed E-state index contributed by atoms with van der Waals surface area (Å²) in [5.41, 5.74) is 1.31. The third-order valence-electron chi connectivity index (χ3n) is 4.61. The zero-order valence-corrected chi connectivity index (χ0v) is 10.9. The van der Waals surface area contributed by atoms with Crippen molar-refractivity contribution in [2.45, 2.75) is 32.1 Å². The lowest BCUT2D eigenvalue weighted by molar-refractivity contribution is -0.117. The number of anilines is 1. The van der Waals surface area contributed by atoms with Crippen LogP contribution in [0.3, 0.4) is 0 Å². The SMILES string of the molecule is N#Cc1cccc(NC(=O)CC2CC3CCC2C3)c1. The lowest BCUT2D eigenvalue weighted by Crippen LogP contribution is -2.20. The van der Waals surface area contributed by atoms with Crippen LogP contribution in [0.1, 0.15) is 37.7 Å². The lowest BCUT2D eigenvalue weighted by Gasteiger charge is -2.20. The summed E-state index contributed by atoms with van der Waals surface area (Å²) in [7, 11) is 0. The quantitative estimate of drug-likeness (QED) is 0.899. The van der Waals surface area contributed by atoms with Crippen LogP contribution in [0.5, 0.6) is 0 Å². The number of hydrogen-bond acceptors (Lipinski definition) is 2. The number of carbonyl (C=O) groups is 1. The Balaban J connectivity index is 1.58. The first kappa shape index (κ1) is 12.2. The minimum atomic E-state index is 0.0904. The summed E-state index contributed by atoms with van der Waals surface area (Å²) >= 11 is 0. The fourth-order valence-electron chi connectivity index (χ4n) is 3.74. The molecule has 98 valence electrons. The van der Waals surface area contributed by atoms with E-state index in [0.717, 1.165) is 17.5 Å². The van der Waals surface area contributed by atoms with Crippen molar-refractivity contribution in [3.63, 3.8) is 0 Å². The maximum Gasteiger partial charge on any atom is 0.224 e. The number of carbonyl (C=O) groups excluding carboxylic acids is 1. The Bertz CT molecular complexity index is 532. The van der Waals surface area contributed by atoms with E-state index in [-0.39, 0.29) is 5.91 Å². The van der Waals surface area contributed by atoms with Crippen LogP contribution in [0.25, 0.3) is 0 Å². The molecule has 3 nitrogen and oxygen atoms in total. The van der Waals surface area contributed by atoms with Crippen molar-refractivity contribution in [2.75, 3.05) is 5.32 Å². The Kier molecular flexibility index (Phi) is 3.25. The monoisotopic (exact) mass is 254 g/mol. The average molecular weight is 254 g/mol. The molecule has 0 heterocycles. The van der Waals surface area contributed by atoms with Crippen molar-refractivity contribution in [3.8, 4) is 6.07 Å².